The van der Waals surface area contributed by atoms with Crippen LogP contribution in [-0.2, 0) is 28.5 Å². The molecule has 0 spiro atoms. The maximum atomic E-state index is 12.3. The van der Waals surface area contributed by atoms with Crippen LogP contribution in [-0.4, -0.2) is 101 Å². The van der Waals surface area contributed by atoms with Crippen molar-refractivity contribution in [3.05, 3.63) is 11.1 Å². The van der Waals surface area contributed by atoms with Crippen LogP contribution in [0.25, 0.3) is 0 Å². The van der Waals surface area contributed by atoms with Gasteiger partial charge in [-0.05, 0) is 11.1 Å². The standard InChI is InChI=1S/C18H26O11/c1-7(21)26-5-9-8(3-19)2-11-13(9)10(17(25)28-11)6-27-18-16(24)15(23)14(22)12(4-20)29-18/h10-16,18-20,22-24H,2-6H2,1H3/t10-,11-,12+,13-,14+,15-,16+,18+/m0/s1. The predicted molar refractivity (Wildman–Crippen MR) is 91.9 cm³/mol. The molecule has 0 aromatic heterocycles. The molecule has 0 unspecified atom stereocenters. The molecule has 0 radical (unpaired) electrons. The summed E-state index contributed by atoms with van der Waals surface area (Å²) < 4.78 is 21.2. The molecule has 2 aliphatic heterocycles. The van der Waals surface area contributed by atoms with E-state index in [0.29, 0.717) is 17.6 Å². The van der Waals surface area contributed by atoms with E-state index < -0.39 is 67.2 Å². The molecule has 0 aromatic rings. The van der Waals surface area contributed by atoms with Gasteiger partial charge in [0, 0.05) is 19.3 Å². The van der Waals surface area contributed by atoms with Gasteiger partial charge >= 0.3 is 11.9 Å². The maximum absolute atomic E-state index is 12.3. The Balaban J connectivity index is 1.70. The van der Waals surface area contributed by atoms with Gasteiger partial charge < -0.3 is 44.5 Å². The monoisotopic (exact) mass is 418 g/mol. The average molecular weight is 418 g/mol. The molecule has 1 aliphatic carbocycles. The lowest BCUT2D eigenvalue weighted by molar-refractivity contribution is -0.303. The first-order chi connectivity index (χ1) is 13.8. The van der Waals surface area contributed by atoms with Gasteiger partial charge in [0.15, 0.2) is 6.29 Å². The first-order valence-corrected chi connectivity index (χ1v) is 9.36. The van der Waals surface area contributed by atoms with Gasteiger partial charge in [0.05, 0.1) is 25.7 Å². The summed E-state index contributed by atoms with van der Waals surface area (Å²) in [7, 11) is 0. The molecule has 5 N–H and O–H groups in total. The number of aliphatic hydroxyl groups excluding tert-OH is 5. The fourth-order valence-electron chi connectivity index (χ4n) is 4.08. The minimum atomic E-state index is -1.60. The highest BCUT2D eigenvalue weighted by Gasteiger charge is 2.52. The molecule has 164 valence electrons. The minimum absolute atomic E-state index is 0.0838. The third-order valence-electron chi connectivity index (χ3n) is 5.62. The van der Waals surface area contributed by atoms with Crippen molar-refractivity contribution in [3.8, 4) is 0 Å². The topological polar surface area (TPSA) is 172 Å². The van der Waals surface area contributed by atoms with Crippen LogP contribution in [0.4, 0.5) is 0 Å². The van der Waals surface area contributed by atoms with Gasteiger partial charge in [-0.25, -0.2) is 0 Å². The molecule has 2 fully saturated rings. The summed E-state index contributed by atoms with van der Waals surface area (Å²) in [5.74, 6) is -2.32. The van der Waals surface area contributed by atoms with Crippen LogP contribution in [0.15, 0.2) is 11.1 Å². The molecule has 2 saturated heterocycles. The van der Waals surface area contributed by atoms with Crippen LogP contribution in [0.5, 0.6) is 0 Å². The molecule has 3 rings (SSSR count). The highest BCUT2D eigenvalue weighted by Crippen LogP contribution is 2.44. The fraction of sp³-hybridized carbons (Fsp3) is 0.778. The second-order valence-corrected chi connectivity index (χ2v) is 7.41. The molecule has 11 heteroatoms. The number of carbonyl (C=O) groups excluding carboxylic acids is 2. The van der Waals surface area contributed by atoms with Crippen molar-refractivity contribution in [2.24, 2.45) is 11.8 Å². The summed E-state index contributed by atoms with van der Waals surface area (Å²) in [5.41, 5.74) is 1.23. The Hall–Kier alpha value is -1.60. The Kier molecular flexibility index (Phi) is 6.89. The van der Waals surface area contributed by atoms with Gasteiger partial charge in [-0.1, -0.05) is 0 Å². The molecule has 8 atom stereocenters. The van der Waals surface area contributed by atoms with Crippen molar-refractivity contribution < 1.29 is 54.1 Å². The normalized spacial score (nSPS) is 39.4. The van der Waals surface area contributed by atoms with Crippen LogP contribution in [0, 0.1) is 11.8 Å². The third kappa shape index (κ3) is 4.31. The number of esters is 2. The number of ether oxygens (including phenoxy) is 4. The molecule has 0 aromatic carbocycles. The van der Waals surface area contributed by atoms with Crippen molar-refractivity contribution in [2.75, 3.05) is 26.4 Å². The minimum Gasteiger partial charge on any atom is -0.461 e. The van der Waals surface area contributed by atoms with Crippen molar-refractivity contribution >= 4 is 11.9 Å². The van der Waals surface area contributed by atoms with Crippen LogP contribution < -0.4 is 0 Å². The third-order valence-corrected chi connectivity index (χ3v) is 5.62. The number of aliphatic hydroxyl groups is 5. The van der Waals surface area contributed by atoms with Gasteiger partial charge in [0.2, 0.25) is 0 Å². The molecule has 11 nitrogen and oxygen atoms in total. The lowest BCUT2D eigenvalue weighted by atomic mass is 9.88. The second kappa shape index (κ2) is 9.04. The fourth-order valence-corrected chi connectivity index (χ4v) is 4.08. The average Bonchev–Trinajstić information content (AvgIpc) is 3.18. The summed E-state index contributed by atoms with van der Waals surface area (Å²) in [6.07, 6.45) is -7.41. The van der Waals surface area contributed by atoms with Crippen LogP contribution in [0.3, 0.4) is 0 Å². The van der Waals surface area contributed by atoms with Crippen molar-refractivity contribution in [2.45, 2.75) is 50.2 Å². The van der Waals surface area contributed by atoms with E-state index in [0.717, 1.165) is 0 Å². The van der Waals surface area contributed by atoms with Crippen molar-refractivity contribution in [1.82, 2.24) is 0 Å². The molecule has 0 amide bonds. The first kappa shape index (κ1) is 22.1. The summed E-state index contributed by atoms with van der Waals surface area (Å²) in [5, 5.41) is 48.6. The Morgan fingerprint density at radius 3 is 2.52 bits per heavy atom. The first-order valence-electron chi connectivity index (χ1n) is 9.36. The van der Waals surface area contributed by atoms with E-state index in [-0.39, 0.29) is 19.8 Å². The molecule has 2 heterocycles. The van der Waals surface area contributed by atoms with E-state index in [1.165, 1.54) is 6.92 Å². The lowest BCUT2D eigenvalue weighted by Gasteiger charge is -2.39. The summed E-state index contributed by atoms with van der Waals surface area (Å²) in [4.78, 5) is 23.5. The van der Waals surface area contributed by atoms with E-state index >= 15 is 0 Å². The van der Waals surface area contributed by atoms with Crippen molar-refractivity contribution in [1.29, 1.82) is 0 Å². The summed E-state index contributed by atoms with van der Waals surface area (Å²) in [6, 6.07) is 0. The zero-order chi connectivity index (χ0) is 21.3. The molecule has 29 heavy (non-hydrogen) atoms. The van der Waals surface area contributed by atoms with Gasteiger partial charge in [-0.15, -0.1) is 0 Å². The van der Waals surface area contributed by atoms with Crippen LogP contribution in [0.2, 0.25) is 0 Å². The largest absolute Gasteiger partial charge is 0.461 e. The zero-order valence-corrected chi connectivity index (χ0v) is 15.8. The predicted octanol–water partition coefficient (Wildman–Crippen LogP) is -2.78. The molecule has 0 saturated carbocycles. The van der Waals surface area contributed by atoms with Crippen molar-refractivity contribution in [3.63, 3.8) is 0 Å². The molecule has 3 aliphatic rings. The Morgan fingerprint density at radius 1 is 1.17 bits per heavy atom. The highest BCUT2D eigenvalue weighted by molar-refractivity contribution is 5.77. The Bertz CT molecular complexity index is 660. The Labute approximate surface area is 166 Å². The lowest BCUT2D eigenvalue weighted by Crippen LogP contribution is -2.59. The van der Waals surface area contributed by atoms with Gasteiger partial charge in [-0.2, -0.15) is 0 Å². The highest BCUT2D eigenvalue weighted by atomic mass is 16.7. The maximum Gasteiger partial charge on any atom is 0.312 e. The zero-order valence-electron chi connectivity index (χ0n) is 15.8. The summed E-state index contributed by atoms with van der Waals surface area (Å²) in [6.45, 7) is 0.0592. The van der Waals surface area contributed by atoms with Gasteiger partial charge in [-0.3, -0.25) is 9.59 Å². The van der Waals surface area contributed by atoms with Gasteiger partial charge in [0.25, 0.3) is 0 Å². The molecular formula is C18H26O11. The van der Waals surface area contributed by atoms with Crippen LogP contribution >= 0.6 is 0 Å². The number of carbonyl (C=O) groups is 2. The SMILES string of the molecule is CC(=O)OCC1=C(CO)C[C@@H]2OC(=O)[C@@H](CO[C@@H]3O[C@H](CO)[C@@H](O)[C@H](O)[C@H]3O)[C@H]12. The van der Waals surface area contributed by atoms with Gasteiger partial charge in [0.1, 0.15) is 37.1 Å². The Morgan fingerprint density at radius 2 is 1.90 bits per heavy atom. The number of fused-ring (bicyclic) bond motifs is 1. The number of hydrogen-bond acceptors (Lipinski definition) is 11. The van der Waals surface area contributed by atoms with Crippen LogP contribution in [0.1, 0.15) is 13.3 Å². The summed E-state index contributed by atoms with van der Waals surface area (Å²) >= 11 is 0. The smallest absolute Gasteiger partial charge is 0.312 e. The van der Waals surface area contributed by atoms with E-state index in [1.54, 1.807) is 0 Å². The number of hydrogen-bond donors (Lipinski definition) is 5. The van der Waals surface area contributed by atoms with E-state index in [1.807, 2.05) is 0 Å². The molecular weight excluding hydrogens is 392 g/mol. The second-order valence-electron chi connectivity index (χ2n) is 7.41. The van der Waals surface area contributed by atoms with E-state index in [4.69, 9.17) is 18.9 Å². The quantitative estimate of drug-likeness (QED) is 0.214. The molecule has 0 bridgehead atoms. The number of rotatable bonds is 7. The van der Waals surface area contributed by atoms with E-state index in [9.17, 15) is 35.1 Å². The van der Waals surface area contributed by atoms with E-state index in [2.05, 4.69) is 0 Å².